The van der Waals surface area contributed by atoms with Crippen LogP contribution in [0.1, 0.15) is 12.1 Å². The zero-order valence-corrected chi connectivity index (χ0v) is 8.84. The van der Waals surface area contributed by atoms with E-state index in [0.717, 1.165) is 5.69 Å². The Labute approximate surface area is 85.8 Å². The van der Waals surface area contributed by atoms with Crippen molar-refractivity contribution in [1.82, 2.24) is 14.8 Å². The van der Waals surface area contributed by atoms with Crippen molar-refractivity contribution in [1.29, 1.82) is 5.26 Å². The van der Waals surface area contributed by atoms with Gasteiger partial charge < -0.3 is 0 Å². The second-order valence-corrected chi connectivity index (χ2v) is 3.42. The molecule has 74 valence electrons. The van der Waals surface area contributed by atoms with Crippen molar-refractivity contribution in [3.05, 3.63) is 16.2 Å². The molecule has 0 radical (unpaired) electrons. The maximum atomic E-state index is 11.3. The number of hydrogen-bond donors (Lipinski definition) is 0. The largest absolute Gasteiger partial charge is 0.365 e. The third-order valence-corrected chi connectivity index (χ3v) is 2.40. The smallest absolute Gasteiger partial charge is 0.244 e. The molecule has 0 bridgehead atoms. The lowest BCUT2D eigenvalue weighted by Crippen LogP contribution is -2.27. The van der Waals surface area contributed by atoms with Gasteiger partial charge in [-0.3, -0.25) is 0 Å². The molecule has 0 aliphatic rings. The molecule has 0 aromatic carbocycles. The SMILES string of the molecule is CSc1nc(=O)n(CCC#N)nc1C. The summed E-state index contributed by atoms with van der Waals surface area (Å²) in [7, 11) is 0. The van der Waals surface area contributed by atoms with Crippen LogP contribution in [-0.2, 0) is 6.54 Å². The highest BCUT2D eigenvalue weighted by molar-refractivity contribution is 7.98. The molecule has 0 saturated heterocycles. The molecular weight excluding hydrogens is 200 g/mol. The first kappa shape index (κ1) is 10.7. The van der Waals surface area contributed by atoms with E-state index in [1.165, 1.54) is 16.4 Å². The van der Waals surface area contributed by atoms with Crippen molar-refractivity contribution in [2.75, 3.05) is 6.26 Å². The summed E-state index contributed by atoms with van der Waals surface area (Å²) in [6.45, 7) is 2.10. The van der Waals surface area contributed by atoms with Gasteiger partial charge in [-0.15, -0.1) is 11.8 Å². The van der Waals surface area contributed by atoms with Gasteiger partial charge in [0.2, 0.25) is 0 Å². The maximum absolute atomic E-state index is 11.3. The summed E-state index contributed by atoms with van der Waals surface area (Å²) in [5, 5.41) is 13.1. The number of nitrogens with zero attached hydrogens (tertiary/aromatic N) is 4. The first-order chi connectivity index (χ1) is 6.69. The highest BCUT2D eigenvalue weighted by Gasteiger charge is 2.05. The molecule has 1 aromatic heterocycles. The van der Waals surface area contributed by atoms with E-state index >= 15 is 0 Å². The summed E-state index contributed by atoms with van der Waals surface area (Å²) >= 11 is 1.39. The summed E-state index contributed by atoms with van der Waals surface area (Å²) < 4.78 is 1.22. The Bertz CT molecular complexity index is 420. The second-order valence-electron chi connectivity index (χ2n) is 2.62. The van der Waals surface area contributed by atoms with Crippen LogP contribution in [0.2, 0.25) is 0 Å². The van der Waals surface area contributed by atoms with Crippen LogP contribution in [0.4, 0.5) is 0 Å². The van der Waals surface area contributed by atoms with Crippen molar-refractivity contribution in [3.8, 4) is 6.07 Å². The third kappa shape index (κ3) is 2.33. The monoisotopic (exact) mass is 210 g/mol. The van der Waals surface area contributed by atoms with Gasteiger partial charge in [0.1, 0.15) is 5.03 Å². The van der Waals surface area contributed by atoms with E-state index in [0.29, 0.717) is 11.6 Å². The summed E-state index contributed by atoms with van der Waals surface area (Å²) in [5.74, 6) is 0. The highest BCUT2D eigenvalue weighted by Crippen LogP contribution is 2.11. The third-order valence-electron chi connectivity index (χ3n) is 1.63. The van der Waals surface area contributed by atoms with E-state index < -0.39 is 5.69 Å². The van der Waals surface area contributed by atoms with Crippen LogP contribution in [0.25, 0.3) is 0 Å². The molecule has 0 aliphatic carbocycles. The second kappa shape index (κ2) is 4.77. The minimum atomic E-state index is -0.393. The topological polar surface area (TPSA) is 71.6 Å². The van der Waals surface area contributed by atoms with Gasteiger partial charge in [-0.2, -0.15) is 15.3 Å². The van der Waals surface area contributed by atoms with Crippen LogP contribution < -0.4 is 5.69 Å². The molecule has 14 heavy (non-hydrogen) atoms. The Hall–Kier alpha value is -1.35. The number of rotatable bonds is 3. The zero-order chi connectivity index (χ0) is 10.6. The van der Waals surface area contributed by atoms with Gasteiger partial charge in [0.15, 0.2) is 0 Å². The fourth-order valence-electron chi connectivity index (χ4n) is 0.987. The number of thioether (sulfide) groups is 1. The fourth-order valence-corrected chi connectivity index (χ4v) is 1.49. The average molecular weight is 210 g/mol. The van der Waals surface area contributed by atoms with Crippen LogP contribution >= 0.6 is 11.8 Å². The summed E-state index contributed by atoms with van der Waals surface area (Å²) in [6.07, 6.45) is 2.11. The molecular formula is C8H10N4OS. The summed E-state index contributed by atoms with van der Waals surface area (Å²) in [6, 6.07) is 1.96. The van der Waals surface area contributed by atoms with Gasteiger partial charge in [0, 0.05) is 0 Å². The lowest BCUT2D eigenvalue weighted by Gasteiger charge is -2.04. The number of nitriles is 1. The zero-order valence-electron chi connectivity index (χ0n) is 8.02. The Kier molecular flexibility index (Phi) is 3.65. The molecule has 0 saturated carbocycles. The normalized spacial score (nSPS) is 9.79. The molecule has 0 amide bonds. The molecule has 1 aromatic rings. The van der Waals surface area contributed by atoms with Gasteiger partial charge in [-0.25, -0.2) is 9.48 Å². The first-order valence-corrected chi connectivity index (χ1v) is 5.28. The van der Waals surface area contributed by atoms with Crippen molar-refractivity contribution in [3.63, 3.8) is 0 Å². The Balaban J connectivity index is 3.04. The minimum absolute atomic E-state index is 0.270. The number of aromatic nitrogens is 3. The predicted octanol–water partition coefficient (Wildman–Crippen LogP) is 0.582. The summed E-state index contributed by atoms with van der Waals surface area (Å²) in [5.41, 5.74) is 0.324. The van der Waals surface area contributed by atoms with Crippen LogP contribution in [0.15, 0.2) is 9.82 Å². The van der Waals surface area contributed by atoms with Crippen molar-refractivity contribution >= 4 is 11.8 Å². The number of hydrogen-bond acceptors (Lipinski definition) is 5. The average Bonchev–Trinajstić information content (AvgIpc) is 2.18. The van der Waals surface area contributed by atoms with E-state index in [-0.39, 0.29) is 6.42 Å². The van der Waals surface area contributed by atoms with Gasteiger partial charge in [0.05, 0.1) is 24.7 Å². The van der Waals surface area contributed by atoms with Crippen LogP contribution in [0, 0.1) is 18.3 Å². The fraction of sp³-hybridized carbons (Fsp3) is 0.500. The molecule has 0 unspecified atom stereocenters. The van der Waals surface area contributed by atoms with Crippen molar-refractivity contribution in [2.24, 2.45) is 0 Å². The molecule has 1 heterocycles. The lowest BCUT2D eigenvalue weighted by molar-refractivity contribution is 0.546. The maximum Gasteiger partial charge on any atom is 0.365 e. The van der Waals surface area contributed by atoms with Crippen molar-refractivity contribution < 1.29 is 0 Å². The van der Waals surface area contributed by atoms with E-state index in [9.17, 15) is 4.79 Å². The molecule has 0 N–H and O–H groups in total. The quantitative estimate of drug-likeness (QED) is 0.682. The molecule has 1 rings (SSSR count). The molecule has 0 spiro atoms. The summed E-state index contributed by atoms with van der Waals surface area (Å²) in [4.78, 5) is 15.2. The van der Waals surface area contributed by atoms with Crippen LogP contribution in [0.5, 0.6) is 0 Å². The Morgan fingerprint density at radius 1 is 1.64 bits per heavy atom. The van der Waals surface area contributed by atoms with Crippen molar-refractivity contribution in [2.45, 2.75) is 24.9 Å². The molecule has 5 nitrogen and oxygen atoms in total. The van der Waals surface area contributed by atoms with Gasteiger partial charge in [-0.1, -0.05) is 0 Å². The standard InChI is InChI=1S/C8H10N4OS/c1-6-7(14-2)10-8(13)12(11-6)5-3-4-9/h3,5H2,1-2H3. The molecule has 0 fully saturated rings. The van der Waals surface area contributed by atoms with E-state index in [1.807, 2.05) is 12.3 Å². The highest BCUT2D eigenvalue weighted by atomic mass is 32.2. The molecule has 6 heteroatoms. The minimum Gasteiger partial charge on any atom is -0.244 e. The molecule has 0 atom stereocenters. The predicted molar refractivity (Wildman–Crippen MR) is 53.0 cm³/mol. The van der Waals surface area contributed by atoms with Crippen LogP contribution in [-0.4, -0.2) is 21.0 Å². The first-order valence-electron chi connectivity index (χ1n) is 4.05. The van der Waals surface area contributed by atoms with Gasteiger partial charge >= 0.3 is 5.69 Å². The Morgan fingerprint density at radius 2 is 2.36 bits per heavy atom. The van der Waals surface area contributed by atoms with Crippen LogP contribution in [0.3, 0.4) is 0 Å². The lowest BCUT2D eigenvalue weighted by atomic mass is 10.5. The van der Waals surface area contributed by atoms with Gasteiger partial charge in [0.25, 0.3) is 0 Å². The molecule has 0 aliphatic heterocycles. The van der Waals surface area contributed by atoms with E-state index in [1.54, 1.807) is 6.92 Å². The Morgan fingerprint density at radius 3 is 2.93 bits per heavy atom. The number of aryl methyl sites for hydroxylation is 2. The van der Waals surface area contributed by atoms with E-state index in [2.05, 4.69) is 10.1 Å². The van der Waals surface area contributed by atoms with E-state index in [4.69, 9.17) is 5.26 Å². The van der Waals surface area contributed by atoms with Gasteiger partial charge in [-0.05, 0) is 13.2 Å².